The zero-order valence-corrected chi connectivity index (χ0v) is 11.3. The first-order valence-electron chi connectivity index (χ1n) is 5.93. The van der Waals surface area contributed by atoms with Gasteiger partial charge in [-0.1, -0.05) is 48.0 Å². The predicted molar refractivity (Wildman–Crippen MR) is 80.1 cm³/mol. The van der Waals surface area contributed by atoms with E-state index in [-0.39, 0.29) is 5.57 Å². The van der Waals surface area contributed by atoms with Gasteiger partial charge in [0.15, 0.2) is 0 Å². The zero-order chi connectivity index (χ0) is 14.4. The molecular weight excluding hydrogens is 272 g/mol. The third-order valence-corrected chi connectivity index (χ3v) is 2.79. The number of rotatable bonds is 3. The van der Waals surface area contributed by atoms with Crippen LogP contribution in [0.4, 0.5) is 5.69 Å². The fourth-order valence-corrected chi connectivity index (χ4v) is 1.82. The summed E-state index contributed by atoms with van der Waals surface area (Å²) in [4.78, 5) is 12.0. The molecule has 0 spiro atoms. The standard InChI is InChI=1S/C16H11ClN2O/c17-14-7-4-8-15(10-14)19-16(20)13(11-18)9-12-5-2-1-3-6-12/h1-10H,(H,19,20). The molecule has 20 heavy (non-hydrogen) atoms. The Morgan fingerprint density at radius 2 is 1.90 bits per heavy atom. The van der Waals surface area contributed by atoms with E-state index in [0.29, 0.717) is 10.7 Å². The van der Waals surface area contributed by atoms with Gasteiger partial charge >= 0.3 is 0 Å². The van der Waals surface area contributed by atoms with Gasteiger partial charge in [-0.3, -0.25) is 4.79 Å². The number of halogens is 1. The van der Waals surface area contributed by atoms with Gasteiger partial charge in [0.05, 0.1) is 0 Å². The summed E-state index contributed by atoms with van der Waals surface area (Å²) in [5.74, 6) is -0.460. The van der Waals surface area contributed by atoms with E-state index in [1.54, 1.807) is 30.3 Å². The fraction of sp³-hybridized carbons (Fsp3) is 0. The van der Waals surface area contributed by atoms with Crippen LogP contribution in [0.3, 0.4) is 0 Å². The van der Waals surface area contributed by atoms with E-state index in [1.165, 1.54) is 0 Å². The summed E-state index contributed by atoms with van der Waals surface area (Å²) >= 11 is 5.84. The second-order valence-electron chi connectivity index (χ2n) is 4.04. The Labute approximate surface area is 122 Å². The van der Waals surface area contributed by atoms with Gasteiger partial charge in [0.1, 0.15) is 11.6 Å². The largest absolute Gasteiger partial charge is 0.321 e. The summed E-state index contributed by atoms with van der Waals surface area (Å²) < 4.78 is 0. The number of nitrogens with zero attached hydrogens (tertiary/aromatic N) is 1. The highest BCUT2D eigenvalue weighted by Gasteiger charge is 2.09. The molecule has 1 N–H and O–H groups in total. The number of hydrogen-bond donors (Lipinski definition) is 1. The van der Waals surface area contributed by atoms with E-state index in [9.17, 15) is 4.79 Å². The summed E-state index contributed by atoms with van der Waals surface area (Å²) in [5.41, 5.74) is 1.39. The fourth-order valence-electron chi connectivity index (χ4n) is 1.63. The Hall–Kier alpha value is -2.57. The van der Waals surface area contributed by atoms with Crippen LogP contribution in [0.15, 0.2) is 60.2 Å². The van der Waals surface area contributed by atoms with Gasteiger partial charge in [0, 0.05) is 10.7 Å². The molecule has 3 nitrogen and oxygen atoms in total. The van der Waals surface area contributed by atoms with E-state index in [0.717, 1.165) is 5.56 Å². The molecule has 2 aromatic carbocycles. The molecule has 0 unspecified atom stereocenters. The lowest BCUT2D eigenvalue weighted by Gasteiger charge is -2.04. The Balaban J connectivity index is 2.19. The minimum Gasteiger partial charge on any atom is -0.321 e. The Morgan fingerprint density at radius 3 is 2.55 bits per heavy atom. The third kappa shape index (κ3) is 3.71. The zero-order valence-electron chi connectivity index (χ0n) is 10.5. The summed E-state index contributed by atoms with van der Waals surface area (Å²) in [6.07, 6.45) is 1.54. The molecule has 0 atom stereocenters. The molecule has 0 aliphatic heterocycles. The minimum atomic E-state index is -0.460. The summed E-state index contributed by atoms with van der Waals surface area (Å²) in [6.45, 7) is 0. The normalized spacial score (nSPS) is 10.7. The van der Waals surface area contributed by atoms with Crippen LogP contribution in [-0.4, -0.2) is 5.91 Å². The maximum Gasteiger partial charge on any atom is 0.266 e. The number of hydrogen-bond acceptors (Lipinski definition) is 2. The number of carbonyl (C=O) groups excluding carboxylic acids is 1. The lowest BCUT2D eigenvalue weighted by atomic mass is 10.1. The Morgan fingerprint density at radius 1 is 1.15 bits per heavy atom. The monoisotopic (exact) mass is 282 g/mol. The van der Waals surface area contributed by atoms with Crippen LogP contribution < -0.4 is 5.32 Å². The topological polar surface area (TPSA) is 52.9 Å². The maximum absolute atomic E-state index is 12.0. The molecule has 0 heterocycles. The van der Waals surface area contributed by atoms with E-state index in [4.69, 9.17) is 16.9 Å². The number of nitriles is 1. The molecule has 0 aliphatic rings. The van der Waals surface area contributed by atoms with Crippen molar-refractivity contribution in [2.75, 3.05) is 5.32 Å². The number of carbonyl (C=O) groups is 1. The average Bonchev–Trinajstić information content (AvgIpc) is 2.45. The molecule has 0 saturated heterocycles. The van der Waals surface area contributed by atoms with Crippen molar-refractivity contribution in [3.05, 3.63) is 70.8 Å². The second-order valence-corrected chi connectivity index (χ2v) is 4.48. The van der Waals surface area contributed by atoms with E-state index in [2.05, 4.69) is 5.32 Å². The first kappa shape index (κ1) is 13.9. The molecular formula is C16H11ClN2O. The Bertz CT molecular complexity index is 687. The molecule has 2 aromatic rings. The van der Waals surface area contributed by atoms with Gasteiger partial charge in [-0.05, 0) is 29.8 Å². The molecule has 0 radical (unpaired) electrons. The molecule has 2 rings (SSSR count). The van der Waals surface area contributed by atoms with Crippen LogP contribution >= 0.6 is 11.6 Å². The van der Waals surface area contributed by atoms with Crippen molar-refractivity contribution in [1.29, 1.82) is 5.26 Å². The number of amides is 1. The average molecular weight is 283 g/mol. The van der Waals surface area contributed by atoms with Gasteiger partial charge < -0.3 is 5.32 Å². The van der Waals surface area contributed by atoms with Crippen molar-refractivity contribution in [3.63, 3.8) is 0 Å². The van der Waals surface area contributed by atoms with Crippen LogP contribution in [0.5, 0.6) is 0 Å². The molecule has 4 heteroatoms. The van der Waals surface area contributed by atoms with Crippen molar-refractivity contribution in [3.8, 4) is 6.07 Å². The molecule has 98 valence electrons. The van der Waals surface area contributed by atoms with Crippen LogP contribution in [0.25, 0.3) is 6.08 Å². The molecule has 0 saturated carbocycles. The Kier molecular flexibility index (Phi) is 4.54. The molecule has 0 aromatic heterocycles. The maximum atomic E-state index is 12.0. The number of nitrogens with one attached hydrogen (secondary N) is 1. The summed E-state index contributed by atoms with van der Waals surface area (Å²) in [7, 11) is 0. The smallest absolute Gasteiger partial charge is 0.266 e. The van der Waals surface area contributed by atoms with Gasteiger partial charge in [0.25, 0.3) is 5.91 Å². The molecule has 0 fully saturated rings. The van der Waals surface area contributed by atoms with Gasteiger partial charge in [-0.25, -0.2) is 0 Å². The summed E-state index contributed by atoms with van der Waals surface area (Å²) in [5, 5.41) is 12.2. The highest BCUT2D eigenvalue weighted by molar-refractivity contribution is 6.31. The van der Waals surface area contributed by atoms with Crippen LogP contribution in [0.2, 0.25) is 5.02 Å². The number of anilines is 1. The van der Waals surface area contributed by atoms with Crippen molar-refractivity contribution in [2.45, 2.75) is 0 Å². The molecule has 1 amide bonds. The van der Waals surface area contributed by atoms with Gasteiger partial charge in [-0.15, -0.1) is 0 Å². The quantitative estimate of drug-likeness (QED) is 0.686. The SMILES string of the molecule is N#CC(=Cc1ccccc1)C(=O)Nc1cccc(Cl)c1. The van der Waals surface area contributed by atoms with Gasteiger partial charge in [0.2, 0.25) is 0 Å². The first-order chi connectivity index (χ1) is 9.69. The van der Waals surface area contributed by atoms with Crippen LogP contribution in [0, 0.1) is 11.3 Å². The minimum absolute atomic E-state index is 0.0381. The van der Waals surface area contributed by atoms with E-state index >= 15 is 0 Å². The van der Waals surface area contributed by atoms with Crippen molar-refractivity contribution < 1.29 is 4.79 Å². The molecule has 0 bridgehead atoms. The van der Waals surface area contributed by atoms with Crippen molar-refractivity contribution >= 4 is 29.3 Å². The van der Waals surface area contributed by atoms with Crippen molar-refractivity contribution in [1.82, 2.24) is 0 Å². The van der Waals surface area contributed by atoms with Gasteiger partial charge in [-0.2, -0.15) is 5.26 Å². The highest BCUT2D eigenvalue weighted by Crippen LogP contribution is 2.16. The first-order valence-corrected chi connectivity index (χ1v) is 6.30. The van der Waals surface area contributed by atoms with E-state index in [1.807, 2.05) is 36.4 Å². The molecule has 0 aliphatic carbocycles. The third-order valence-electron chi connectivity index (χ3n) is 2.56. The van der Waals surface area contributed by atoms with Crippen molar-refractivity contribution in [2.24, 2.45) is 0 Å². The number of benzene rings is 2. The second kappa shape index (κ2) is 6.55. The predicted octanol–water partition coefficient (Wildman–Crippen LogP) is 3.89. The van der Waals surface area contributed by atoms with Crippen LogP contribution in [0.1, 0.15) is 5.56 Å². The highest BCUT2D eigenvalue weighted by atomic mass is 35.5. The van der Waals surface area contributed by atoms with Crippen LogP contribution in [-0.2, 0) is 4.79 Å². The van der Waals surface area contributed by atoms with E-state index < -0.39 is 5.91 Å². The lowest BCUT2D eigenvalue weighted by Crippen LogP contribution is -2.13. The summed E-state index contributed by atoms with van der Waals surface area (Å²) in [6, 6.07) is 17.9. The lowest BCUT2D eigenvalue weighted by molar-refractivity contribution is -0.112.